The number of nitrogens with one attached hydrogen (secondary N) is 1. The Hall–Kier alpha value is -3.21. The van der Waals surface area contributed by atoms with Crippen LogP contribution < -0.4 is 5.32 Å². The van der Waals surface area contributed by atoms with Crippen molar-refractivity contribution < 1.29 is 17.6 Å². The zero-order valence-corrected chi connectivity index (χ0v) is 19.7. The third-order valence-corrected chi connectivity index (χ3v) is 7.21. The van der Waals surface area contributed by atoms with Crippen molar-refractivity contribution in [3.8, 4) is 0 Å². The number of carbonyl (C=O) groups excluding carboxylic acids is 1. The first-order valence-electron chi connectivity index (χ1n) is 9.96. The summed E-state index contributed by atoms with van der Waals surface area (Å²) in [5.41, 5.74) is 1.26. The van der Waals surface area contributed by atoms with Crippen molar-refractivity contribution in [2.45, 2.75) is 16.2 Å². The van der Waals surface area contributed by atoms with Crippen LogP contribution in [0.2, 0.25) is 0 Å². The average molecular weight is 485 g/mol. The summed E-state index contributed by atoms with van der Waals surface area (Å²) >= 11 is 1.66. The Morgan fingerprint density at radius 1 is 1.06 bits per heavy atom. The number of thioether (sulfide) groups is 1. The van der Waals surface area contributed by atoms with Gasteiger partial charge >= 0.3 is 6.01 Å². The maximum absolute atomic E-state index is 12.8. The molecule has 0 unspecified atom stereocenters. The number of rotatable bonds is 11. The molecule has 10 heteroatoms. The minimum absolute atomic E-state index is 0.0319. The highest BCUT2D eigenvalue weighted by Crippen LogP contribution is 2.19. The van der Waals surface area contributed by atoms with E-state index < -0.39 is 15.9 Å². The van der Waals surface area contributed by atoms with Gasteiger partial charge in [-0.25, -0.2) is 8.42 Å². The molecular formula is C23H24N4O4S2. The number of nitrogens with zero attached hydrogens (tertiary/aromatic N) is 3. The molecule has 0 saturated heterocycles. The summed E-state index contributed by atoms with van der Waals surface area (Å²) < 4.78 is 32.3. The molecule has 1 N–H and O–H groups in total. The molecule has 0 radical (unpaired) electrons. The summed E-state index contributed by atoms with van der Waals surface area (Å²) in [5.74, 6) is -0.124. The standard InChI is InChI=1S/C23H24N4O4S2/c1-4-14-27(15-5-2)33(29,30)20-12-8-18(9-13-20)22(28)24-23-26-25-21(31-23)16-17-6-10-19(32-3)11-7-17/h4-13H,1-2,14-16H2,3H3,(H,24,26,28). The lowest BCUT2D eigenvalue weighted by Crippen LogP contribution is -2.31. The lowest BCUT2D eigenvalue weighted by atomic mass is 10.1. The molecule has 0 aliphatic rings. The van der Waals surface area contributed by atoms with Crippen LogP contribution in [0.3, 0.4) is 0 Å². The third kappa shape index (κ3) is 6.19. The SMILES string of the molecule is C=CCN(CC=C)S(=O)(=O)c1ccc(C(=O)Nc2nnc(Cc3ccc(SC)cc3)o2)cc1. The highest BCUT2D eigenvalue weighted by molar-refractivity contribution is 7.98. The minimum Gasteiger partial charge on any atom is -0.407 e. The lowest BCUT2D eigenvalue weighted by Gasteiger charge is -2.19. The van der Waals surface area contributed by atoms with Crippen LogP contribution in [-0.4, -0.2) is 48.2 Å². The number of hydrogen-bond acceptors (Lipinski definition) is 7. The van der Waals surface area contributed by atoms with Gasteiger partial charge in [0.2, 0.25) is 15.9 Å². The van der Waals surface area contributed by atoms with E-state index in [0.29, 0.717) is 12.3 Å². The lowest BCUT2D eigenvalue weighted by molar-refractivity contribution is 0.102. The van der Waals surface area contributed by atoms with E-state index in [9.17, 15) is 13.2 Å². The molecule has 2 aromatic carbocycles. The predicted molar refractivity (Wildman–Crippen MR) is 129 cm³/mol. The van der Waals surface area contributed by atoms with Crippen molar-refractivity contribution >= 4 is 33.7 Å². The largest absolute Gasteiger partial charge is 0.407 e. The molecule has 33 heavy (non-hydrogen) atoms. The molecular weight excluding hydrogens is 460 g/mol. The molecule has 172 valence electrons. The smallest absolute Gasteiger partial charge is 0.322 e. The van der Waals surface area contributed by atoms with E-state index in [4.69, 9.17) is 4.42 Å². The second-order valence-electron chi connectivity index (χ2n) is 6.90. The number of amides is 1. The fourth-order valence-corrected chi connectivity index (χ4v) is 4.74. The number of carbonyl (C=O) groups is 1. The molecule has 8 nitrogen and oxygen atoms in total. The maximum Gasteiger partial charge on any atom is 0.322 e. The van der Waals surface area contributed by atoms with E-state index >= 15 is 0 Å². The Morgan fingerprint density at radius 2 is 1.70 bits per heavy atom. The van der Waals surface area contributed by atoms with E-state index in [1.165, 1.54) is 40.7 Å². The van der Waals surface area contributed by atoms with Gasteiger partial charge in [-0.3, -0.25) is 10.1 Å². The van der Waals surface area contributed by atoms with Crippen molar-refractivity contribution in [3.63, 3.8) is 0 Å². The zero-order valence-electron chi connectivity index (χ0n) is 18.1. The first-order valence-corrected chi connectivity index (χ1v) is 12.6. The van der Waals surface area contributed by atoms with Gasteiger partial charge in [0.15, 0.2) is 0 Å². The number of aromatic nitrogens is 2. The van der Waals surface area contributed by atoms with Gasteiger partial charge in [0.25, 0.3) is 5.91 Å². The Balaban J connectivity index is 1.66. The second kappa shape index (κ2) is 11.1. The van der Waals surface area contributed by atoms with Crippen LogP contribution in [0.5, 0.6) is 0 Å². The molecule has 0 aliphatic heterocycles. The molecule has 1 amide bonds. The fraction of sp³-hybridized carbons (Fsp3) is 0.174. The van der Waals surface area contributed by atoms with E-state index in [2.05, 4.69) is 28.7 Å². The molecule has 0 spiro atoms. The van der Waals surface area contributed by atoms with Crippen molar-refractivity contribution in [2.24, 2.45) is 0 Å². The van der Waals surface area contributed by atoms with Crippen molar-refractivity contribution in [2.75, 3.05) is 24.7 Å². The Labute approximate surface area is 197 Å². The number of anilines is 1. The van der Waals surface area contributed by atoms with Gasteiger partial charge in [0.05, 0.1) is 11.3 Å². The number of benzene rings is 2. The highest BCUT2D eigenvalue weighted by atomic mass is 32.2. The summed E-state index contributed by atoms with van der Waals surface area (Å²) in [6.07, 6.45) is 5.45. The van der Waals surface area contributed by atoms with E-state index in [1.54, 1.807) is 11.8 Å². The summed E-state index contributed by atoms with van der Waals surface area (Å²) in [5, 5.41) is 10.4. The normalized spacial score (nSPS) is 11.3. The molecule has 0 saturated carbocycles. The second-order valence-corrected chi connectivity index (χ2v) is 9.72. The average Bonchev–Trinajstić information content (AvgIpc) is 3.26. The molecule has 0 atom stereocenters. The van der Waals surface area contributed by atoms with Crippen LogP contribution in [0.25, 0.3) is 0 Å². The van der Waals surface area contributed by atoms with E-state index in [0.717, 1.165) is 10.5 Å². The van der Waals surface area contributed by atoms with Gasteiger partial charge in [-0.1, -0.05) is 29.4 Å². The summed E-state index contributed by atoms with van der Waals surface area (Å²) in [6, 6.07) is 13.6. The first-order chi connectivity index (χ1) is 15.9. The van der Waals surface area contributed by atoms with Crippen molar-refractivity contribution in [1.82, 2.24) is 14.5 Å². The molecule has 0 aliphatic carbocycles. The Morgan fingerprint density at radius 3 is 2.27 bits per heavy atom. The topological polar surface area (TPSA) is 105 Å². The van der Waals surface area contributed by atoms with Crippen LogP contribution in [0, 0.1) is 0 Å². The van der Waals surface area contributed by atoms with Gasteiger partial charge < -0.3 is 4.42 Å². The van der Waals surface area contributed by atoms with Gasteiger partial charge in [0, 0.05) is 23.5 Å². The summed E-state index contributed by atoms with van der Waals surface area (Å²) in [6.45, 7) is 7.47. The van der Waals surface area contributed by atoms with Gasteiger partial charge in [-0.2, -0.15) is 4.31 Å². The first kappa shape index (κ1) is 24.4. The van der Waals surface area contributed by atoms with Crippen molar-refractivity contribution in [1.29, 1.82) is 0 Å². The molecule has 3 rings (SSSR count). The zero-order chi connectivity index (χ0) is 23.8. The Kier molecular flexibility index (Phi) is 8.21. The van der Waals surface area contributed by atoms with Crippen LogP contribution in [0.15, 0.2) is 88.0 Å². The van der Waals surface area contributed by atoms with Crippen LogP contribution in [0.1, 0.15) is 21.8 Å². The van der Waals surface area contributed by atoms with Crippen LogP contribution in [-0.2, 0) is 16.4 Å². The molecule has 0 fully saturated rings. The Bertz CT molecular complexity index is 1210. The minimum atomic E-state index is -3.74. The van der Waals surface area contributed by atoms with E-state index in [-0.39, 0.29) is 29.6 Å². The quantitative estimate of drug-likeness (QED) is 0.324. The molecule has 1 heterocycles. The fourth-order valence-electron chi connectivity index (χ4n) is 2.95. The van der Waals surface area contributed by atoms with E-state index in [1.807, 2.05) is 30.5 Å². The molecule has 3 aromatic rings. The summed E-state index contributed by atoms with van der Waals surface area (Å²) in [7, 11) is -3.74. The number of sulfonamides is 1. The molecule has 1 aromatic heterocycles. The van der Waals surface area contributed by atoms with Gasteiger partial charge in [-0.05, 0) is 48.2 Å². The maximum atomic E-state index is 12.8. The van der Waals surface area contributed by atoms with Crippen LogP contribution >= 0.6 is 11.8 Å². The van der Waals surface area contributed by atoms with Gasteiger partial charge in [0.1, 0.15) is 0 Å². The van der Waals surface area contributed by atoms with Gasteiger partial charge in [-0.15, -0.1) is 30.0 Å². The third-order valence-electron chi connectivity index (χ3n) is 4.62. The highest BCUT2D eigenvalue weighted by Gasteiger charge is 2.23. The monoisotopic (exact) mass is 484 g/mol. The predicted octanol–water partition coefficient (Wildman–Crippen LogP) is 4.00. The summed E-state index contributed by atoms with van der Waals surface area (Å²) in [4.78, 5) is 13.7. The molecule has 0 bridgehead atoms. The van der Waals surface area contributed by atoms with Crippen molar-refractivity contribution in [3.05, 3.63) is 90.9 Å². The van der Waals surface area contributed by atoms with Crippen LogP contribution in [0.4, 0.5) is 6.01 Å². The number of hydrogen-bond donors (Lipinski definition) is 1.